The third-order valence-corrected chi connectivity index (χ3v) is 3.85. The van der Waals surface area contributed by atoms with Gasteiger partial charge in [0.15, 0.2) is 0 Å². The number of hydrogen-bond acceptors (Lipinski definition) is 3. The number of nitrogens with zero attached hydrogens (tertiary/aromatic N) is 2. The van der Waals surface area contributed by atoms with Crippen LogP contribution in [-0.4, -0.2) is 16.5 Å². The highest BCUT2D eigenvalue weighted by molar-refractivity contribution is 5.46. The van der Waals surface area contributed by atoms with Crippen molar-refractivity contribution in [3.63, 3.8) is 0 Å². The van der Waals surface area contributed by atoms with Crippen molar-refractivity contribution in [2.45, 2.75) is 46.5 Å². The van der Waals surface area contributed by atoms with Crippen LogP contribution in [0.15, 0.2) is 6.33 Å². The van der Waals surface area contributed by atoms with Crippen molar-refractivity contribution in [2.24, 2.45) is 11.8 Å². The number of anilines is 1. The average molecular weight is 233 g/mol. The van der Waals surface area contributed by atoms with E-state index in [1.807, 2.05) is 0 Å². The highest BCUT2D eigenvalue weighted by atomic mass is 15.0. The SMILES string of the molecule is CC(C)C(C)CNc1ncnc2c1CCCC2. The molecule has 0 saturated carbocycles. The molecule has 1 aromatic heterocycles. The van der Waals surface area contributed by atoms with Crippen LogP contribution in [0.2, 0.25) is 0 Å². The predicted molar refractivity (Wildman–Crippen MR) is 71.2 cm³/mol. The van der Waals surface area contributed by atoms with E-state index in [1.165, 1.54) is 24.1 Å². The molecule has 2 rings (SSSR count). The molecular formula is C14H23N3. The van der Waals surface area contributed by atoms with Gasteiger partial charge in [0.1, 0.15) is 12.1 Å². The second-order valence-corrected chi connectivity index (χ2v) is 5.46. The minimum atomic E-state index is 0.671. The Labute approximate surface area is 104 Å². The first-order chi connectivity index (χ1) is 8.18. The number of hydrogen-bond donors (Lipinski definition) is 1. The molecule has 3 nitrogen and oxygen atoms in total. The standard InChI is InChI=1S/C14H23N3/c1-10(2)11(3)8-15-14-12-6-4-5-7-13(12)16-9-17-14/h9-11H,4-8H2,1-3H3,(H,15,16,17). The van der Waals surface area contributed by atoms with Gasteiger partial charge >= 0.3 is 0 Å². The fourth-order valence-corrected chi connectivity index (χ4v) is 2.17. The second kappa shape index (κ2) is 5.48. The minimum Gasteiger partial charge on any atom is -0.369 e. The first-order valence-electron chi connectivity index (χ1n) is 6.75. The minimum absolute atomic E-state index is 0.671. The summed E-state index contributed by atoms with van der Waals surface area (Å²) in [5.74, 6) is 2.45. The fourth-order valence-electron chi connectivity index (χ4n) is 2.17. The highest BCUT2D eigenvalue weighted by Crippen LogP contribution is 2.24. The van der Waals surface area contributed by atoms with E-state index < -0.39 is 0 Å². The summed E-state index contributed by atoms with van der Waals surface area (Å²) >= 11 is 0. The summed E-state index contributed by atoms with van der Waals surface area (Å²) in [6, 6.07) is 0. The van der Waals surface area contributed by atoms with Crippen molar-refractivity contribution in [3.8, 4) is 0 Å². The fraction of sp³-hybridized carbons (Fsp3) is 0.714. The smallest absolute Gasteiger partial charge is 0.132 e. The summed E-state index contributed by atoms with van der Waals surface area (Å²) in [4.78, 5) is 8.79. The lowest BCUT2D eigenvalue weighted by molar-refractivity contribution is 0.439. The molecule has 1 aliphatic rings. The van der Waals surface area contributed by atoms with Gasteiger partial charge < -0.3 is 5.32 Å². The van der Waals surface area contributed by atoms with Crippen molar-refractivity contribution in [1.82, 2.24) is 9.97 Å². The quantitative estimate of drug-likeness (QED) is 0.868. The molecule has 0 bridgehead atoms. The van der Waals surface area contributed by atoms with Crippen molar-refractivity contribution in [2.75, 3.05) is 11.9 Å². The summed E-state index contributed by atoms with van der Waals surface area (Å²) in [5.41, 5.74) is 2.61. The molecule has 0 amide bonds. The molecule has 0 saturated heterocycles. The first kappa shape index (κ1) is 12.3. The van der Waals surface area contributed by atoms with E-state index in [4.69, 9.17) is 0 Å². The summed E-state index contributed by atoms with van der Waals surface area (Å²) < 4.78 is 0. The lowest BCUT2D eigenvalue weighted by Gasteiger charge is -2.21. The van der Waals surface area contributed by atoms with Gasteiger partial charge in [-0.25, -0.2) is 9.97 Å². The lowest BCUT2D eigenvalue weighted by atomic mass is 9.95. The molecule has 0 radical (unpaired) electrons. The summed E-state index contributed by atoms with van der Waals surface area (Å²) in [7, 11) is 0. The molecule has 1 N–H and O–H groups in total. The van der Waals surface area contributed by atoms with E-state index in [1.54, 1.807) is 6.33 Å². The van der Waals surface area contributed by atoms with Gasteiger partial charge in [-0.3, -0.25) is 0 Å². The van der Waals surface area contributed by atoms with E-state index in [0.717, 1.165) is 25.2 Å². The van der Waals surface area contributed by atoms with E-state index in [0.29, 0.717) is 11.8 Å². The third-order valence-electron chi connectivity index (χ3n) is 3.85. The van der Waals surface area contributed by atoms with Crippen molar-refractivity contribution in [3.05, 3.63) is 17.6 Å². The monoisotopic (exact) mass is 233 g/mol. The topological polar surface area (TPSA) is 37.8 Å². The largest absolute Gasteiger partial charge is 0.369 e. The van der Waals surface area contributed by atoms with Crippen LogP contribution in [0.4, 0.5) is 5.82 Å². The van der Waals surface area contributed by atoms with Gasteiger partial charge in [0.05, 0.1) is 0 Å². The predicted octanol–water partition coefficient (Wildman–Crippen LogP) is 3.06. The molecule has 1 aliphatic carbocycles. The molecule has 1 unspecified atom stereocenters. The first-order valence-corrected chi connectivity index (χ1v) is 6.75. The molecule has 3 heteroatoms. The Morgan fingerprint density at radius 1 is 1.18 bits per heavy atom. The molecule has 1 heterocycles. The van der Waals surface area contributed by atoms with Crippen LogP contribution in [0, 0.1) is 11.8 Å². The molecule has 0 aliphatic heterocycles. The second-order valence-electron chi connectivity index (χ2n) is 5.46. The molecule has 1 aromatic rings. The van der Waals surface area contributed by atoms with Gasteiger partial charge in [-0.05, 0) is 37.5 Å². The molecule has 0 aromatic carbocycles. The number of rotatable bonds is 4. The Balaban J connectivity index is 2.06. The number of aryl methyl sites for hydroxylation is 1. The zero-order valence-corrected chi connectivity index (χ0v) is 11.2. The van der Waals surface area contributed by atoms with Gasteiger partial charge in [0, 0.05) is 17.8 Å². The van der Waals surface area contributed by atoms with Gasteiger partial charge in [-0.2, -0.15) is 0 Å². The van der Waals surface area contributed by atoms with Crippen molar-refractivity contribution in [1.29, 1.82) is 0 Å². The Morgan fingerprint density at radius 3 is 2.71 bits per heavy atom. The summed E-state index contributed by atoms with van der Waals surface area (Å²) in [6.45, 7) is 7.82. The maximum absolute atomic E-state index is 4.40. The number of aromatic nitrogens is 2. The Bertz CT molecular complexity index is 374. The lowest BCUT2D eigenvalue weighted by Crippen LogP contribution is -2.19. The molecule has 0 fully saturated rings. The summed E-state index contributed by atoms with van der Waals surface area (Å²) in [5, 5.41) is 3.50. The van der Waals surface area contributed by atoms with E-state index >= 15 is 0 Å². The van der Waals surface area contributed by atoms with Crippen LogP contribution in [0.25, 0.3) is 0 Å². The van der Waals surface area contributed by atoms with Crippen LogP contribution in [-0.2, 0) is 12.8 Å². The molecule has 94 valence electrons. The van der Waals surface area contributed by atoms with E-state index in [9.17, 15) is 0 Å². The van der Waals surface area contributed by atoms with Gasteiger partial charge in [-0.1, -0.05) is 20.8 Å². The molecule has 0 spiro atoms. The summed E-state index contributed by atoms with van der Waals surface area (Å²) in [6.07, 6.45) is 6.49. The molecule has 17 heavy (non-hydrogen) atoms. The Hall–Kier alpha value is -1.12. The Morgan fingerprint density at radius 2 is 1.94 bits per heavy atom. The average Bonchev–Trinajstić information content (AvgIpc) is 2.35. The molecule has 1 atom stereocenters. The Kier molecular flexibility index (Phi) is 3.97. The number of fused-ring (bicyclic) bond motifs is 1. The van der Waals surface area contributed by atoms with Crippen LogP contribution in [0.1, 0.15) is 44.9 Å². The van der Waals surface area contributed by atoms with Crippen molar-refractivity contribution >= 4 is 5.82 Å². The van der Waals surface area contributed by atoms with Gasteiger partial charge in [0.2, 0.25) is 0 Å². The maximum Gasteiger partial charge on any atom is 0.132 e. The van der Waals surface area contributed by atoms with Crippen LogP contribution < -0.4 is 5.32 Å². The van der Waals surface area contributed by atoms with Crippen molar-refractivity contribution < 1.29 is 0 Å². The van der Waals surface area contributed by atoms with Crippen LogP contribution in [0.3, 0.4) is 0 Å². The third kappa shape index (κ3) is 2.96. The van der Waals surface area contributed by atoms with Gasteiger partial charge in [0.25, 0.3) is 0 Å². The normalized spacial score (nSPS) is 16.7. The van der Waals surface area contributed by atoms with Crippen LogP contribution >= 0.6 is 0 Å². The maximum atomic E-state index is 4.40. The van der Waals surface area contributed by atoms with Gasteiger partial charge in [-0.15, -0.1) is 0 Å². The zero-order chi connectivity index (χ0) is 12.3. The zero-order valence-electron chi connectivity index (χ0n) is 11.2. The van der Waals surface area contributed by atoms with Crippen LogP contribution in [0.5, 0.6) is 0 Å². The van der Waals surface area contributed by atoms with E-state index in [2.05, 4.69) is 36.1 Å². The number of nitrogens with one attached hydrogen (secondary N) is 1. The molecular weight excluding hydrogens is 210 g/mol. The highest BCUT2D eigenvalue weighted by Gasteiger charge is 2.16. The van der Waals surface area contributed by atoms with E-state index in [-0.39, 0.29) is 0 Å².